The lowest BCUT2D eigenvalue weighted by atomic mass is 9.87. The molecule has 0 saturated carbocycles. The van der Waals surface area contributed by atoms with Crippen LogP contribution in [0.25, 0.3) is 0 Å². The Balaban J connectivity index is 2.33. The SMILES string of the molecule is CC[C@@H](C1=CC=CC1)c1ccccc1OC. The largest absolute Gasteiger partial charge is 0.496 e. The van der Waals surface area contributed by atoms with Gasteiger partial charge in [0.05, 0.1) is 7.11 Å². The molecule has 2 rings (SSSR count). The lowest BCUT2D eigenvalue weighted by molar-refractivity contribution is 0.406. The number of hydrogen-bond acceptors (Lipinski definition) is 1. The quantitative estimate of drug-likeness (QED) is 0.734. The van der Waals surface area contributed by atoms with Crippen molar-refractivity contribution in [1.29, 1.82) is 0 Å². The van der Waals surface area contributed by atoms with Gasteiger partial charge in [0.1, 0.15) is 5.75 Å². The zero-order valence-corrected chi connectivity index (χ0v) is 9.94. The summed E-state index contributed by atoms with van der Waals surface area (Å²) in [5.74, 6) is 1.49. The maximum absolute atomic E-state index is 5.44. The van der Waals surface area contributed by atoms with Gasteiger partial charge in [0.2, 0.25) is 0 Å². The first-order valence-corrected chi connectivity index (χ1v) is 5.85. The molecule has 0 amide bonds. The van der Waals surface area contributed by atoms with Crippen LogP contribution in [-0.2, 0) is 0 Å². The van der Waals surface area contributed by atoms with Crippen molar-refractivity contribution < 1.29 is 4.74 Å². The van der Waals surface area contributed by atoms with Gasteiger partial charge in [0.15, 0.2) is 0 Å². The van der Waals surface area contributed by atoms with Gasteiger partial charge < -0.3 is 4.74 Å². The molecular weight excluding hydrogens is 196 g/mol. The Morgan fingerprint density at radius 3 is 2.75 bits per heavy atom. The van der Waals surface area contributed by atoms with Crippen molar-refractivity contribution in [1.82, 2.24) is 0 Å². The molecule has 0 unspecified atom stereocenters. The monoisotopic (exact) mass is 214 g/mol. The third kappa shape index (κ3) is 2.04. The molecule has 0 aromatic heterocycles. The normalized spacial score (nSPS) is 16.0. The molecule has 0 N–H and O–H groups in total. The lowest BCUT2D eigenvalue weighted by Gasteiger charge is -2.19. The van der Waals surface area contributed by atoms with Crippen LogP contribution < -0.4 is 4.74 Å². The third-order valence-electron chi connectivity index (χ3n) is 3.17. The fourth-order valence-corrected chi connectivity index (χ4v) is 2.36. The van der Waals surface area contributed by atoms with Gasteiger partial charge in [0, 0.05) is 11.5 Å². The fourth-order valence-electron chi connectivity index (χ4n) is 2.36. The van der Waals surface area contributed by atoms with Crippen LogP contribution in [0.3, 0.4) is 0 Å². The number of ether oxygens (including phenoxy) is 1. The van der Waals surface area contributed by atoms with Crippen LogP contribution in [-0.4, -0.2) is 7.11 Å². The van der Waals surface area contributed by atoms with E-state index < -0.39 is 0 Å². The van der Waals surface area contributed by atoms with E-state index in [4.69, 9.17) is 4.74 Å². The molecule has 0 fully saturated rings. The van der Waals surface area contributed by atoms with E-state index in [9.17, 15) is 0 Å². The maximum Gasteiger partial charge on any atom is 0.122 e. The predicted octanol–water partition coefficient (Wildman–Crippen LogP) is 4.08. The van der Waals surface area contributed by atoms with Gasteiger partial charge >= 0.3 is 0 Å². The molecule has 0 spiro atoms. The van der Waals surface area contributed by atoms with Crippen LogP contribution in [0.5, 0.6) is 5.75 Å². The maximum atomic E-state index is 5.44. The number of benzene rings is 1. The first-order chi connectivity index (χ1) is 7.86. The first kappa shape index (κ1) is 11.0. The Morgan fingerprint density at radius 1 is 1.31 bits per heavy atom. The molecule has 84 valence electrons. The molecule has 0 saturated heterocycles. The Kier molecular flexibility index (Phi) is 3.45. The van der Waals surface area contributed by atoms with Crippen LogP contribution in [0.1, 0.15) is 31.2 Å². The van der Waals surface area contributed by atoms with Crippen LogP contribution >= 0.6 is 0 Å². The van der Waals surface area contributed by atoms with Gasteiger partial charge in [-0.2, -0.15) is 0 Å². The summed E-state index contributed by atoms with van der Waals surface area (Å²) in [6.45, 7) is 2.23. The number of rotatable bonds is 4. The molecule has 1 aliphatic rings. The van der Waals surface area contributed by atoms with Crippen molar-refractivity contribution in [3.63, 3.8) is 0 Å². The zero-order valence-electron chi connectivity index (χ0n) is 9.94. The topological polar surface area (TPSA) is 9.23 Å². The van der Waals surface area contributed by atoms with Gasteiger partial charge in [-0.25, -0.2) is 0 Å². The summed E-state index contributed by atoms with van der Waals surface area (Å²) < 4.78 is 5.44. The summed E-state index contributed by atoms with van der Waals surface area (Å²) in [5.41, 5.74) is 2.80. The van der Waals surface area contributed by atoms with Gasteiger partial charge in [-0.05, 0) is 18.9 Å². The molecule has 0 bridgehead atoms. The smallest absolute Gasteiger partial charge is 0.122 e. The standard InChI is InChI=1S/C15H18O/c1-3-13(12-8-4-5-9-12)14-10-6-7-11-15(14)16-2/h4-8,10-11,13H,3,9H2,1-2H3/t13-/m0/s1. The number of hydrogen-bond donors (Lipinski definition) is 0. The minimum atomic E-state index is 0.492. The van der Waals surface area contributed by atoms with Crippen LogP contribution in [0.15, 0.2) is 48.1 Å². The summed E-state index contributed by atoms with van der Waals surface area (Å²) in [4.78, 5) is 0. The summed E-state index contributed by atoms with van der Waals surface area (Å²) in [6.07, 6.45) is 8.80. The lowest BCUT2D eigenvalue weighted by Crippen LogP contribution is -2.02. The average molecular weight is 214 g/mol. The van der Waals surface area contributed by atoms with Crippen LogP contribution in [0.2, 0.25) is 0 Å². The van der Waals surface area contributed by atoms with Gasteiger partial charge in [0.25, 0.3) is 0 Å². The van der Waals surface area contributed by atoms with Crippen molar-refractivity contribution in [2.75, 3.05) is 7.11 Å². The third-order valence-corrected chi connectivity index (χ3v) is 3.17. The van der Waals surface area contributed by atoms with E-state index >= 15 is 0 Å². The minimum Gasteiger partial charge on any atom is -0.496 e. The molecule has 1 atom stereocenters. The molecule has 16 heavy (non-hydrogen) atoms. The van der Waals surface area contributed by atoms with Crippen molar-refractivity contribution in [2.24, 2.45) is 0 Å². The minimum absolute atomic E-state index is 0.492. The molecule has 1 aliphatic carbocycles. The average Bonchev–Trinajstić information content (AvgIpc) is 2.84. The fraction of sp³-hybridized carbons (Fsp3) is 0.333. The number of methoxy groups -OCH3 is 1. The Bertz CT molecular complexity index is 415. The summed E-state index contributed by atoms with van der Waals surface area (Å²) in [7, 11) is 1.74. The second-order valence-corrected chi connectivity index (χ2v) is 4.08. The second-order valence-electron chi connectivity index (χ2n) is 4.08. The van der Waals surface area contributed by atoms with E-state index in [2.05, 4.69) is 37.3 Å². The summed E-state index contributed by atoms with van der Waals surface area (Å²) >= 11 is 0. The number of allylic oxidation sites excluding steroid dienone is 4. The highest BCUT2D eigenvalue weighted by Crippen LogP contribution is 2.36. The summed E-state index contributed by atoms with van der Waals surface area (Å²) in [6, 6.07) is 8.33. The van der Waals surface area contributed by atoms with Gasteiger partial charge in [-0.1, -0.05) is 48.9 Å². The molecule has 1 heteroatoms. The molecule has 0 heterocycles. The molecule has 0 aliphatic heterocycles. The molecule has 1 aromatic carbocycles. The van der Waals surface area contributed by atoms with Crippen molar-refractivity contribution in [2.45, 2.75) is 25.7 Å². The number of para-hydroxylation sites is 1. The van der Waals surface area contributed by atoms with Crippen LogP contribution in [0.4, 0.5) is 0 Å². The zero-order chi connectivity index (χ0) is 11.4. The Hall–Kier alpha value is -1.50. The van der Waals surface area contributed by atoms with E-state index in [1.807, 2.05) is 12.1 Å². The van der Waals surface area contributed by atoms with E-state index in [-0.39, 0.29) is 0 Å². The molecule has 0 radical (unpaired) electrons. The van der Waals surface area contributed by atoms with Crippen molar-refractivity contribution >= 4 is 0 Å². The van der Waals surface area contributed by atoms with E-state index in [0.29, 0.717) is 5.92 Å². The van der Waals surface area contributed by atoms with Crippen molar-refractivity contribution in [3.05, 3.63) is 53.6 Å². The van der Waals surface area contributed by atoms with E-state index in [0.717, 1.165) is 18.6 Å². The van der Waals surface area contributed by atoms with Gasteiger partial charge in [-0.3, -0.25) is 0 Å². The molecular formula is C15H18O. The predicted molar refractivity (Wildman–Crippen MR) is 67.9 cm³/mol. The second kappa shape index (κ2) is 5.02. The van der Waals surface area contributed by atoms with E-state index in [1.165, 1.54) is 11.1 Å². The van der Waals surface area contributed by atoms with Gasteiger partial charge in [-0.15, -0.1) is 0 Å². The Labute approximate surface area is 97.4 Å². The molecule has 1 aromatic rings. The highest BCUT2D eigenvalue weighted by Gasteiger charge is 2.18. The van der Waals surface area contributed by atoms with Crippen molar-refractivity contribution in [3.8, 4) is 5.75 Å². The Morgan fingerprint density at radius 2 is 2.12 bits per heavy atom. The highest BCUT2D eigenvalue weighted by atomic mass is 16.5. The highest BCUT2D eigenvalue weighted by molar-refractivity contribution is 5.43. The molecule has 1 nitrogen and oxygen atoms in total. The first-order valence-electron chi connectivity index (χ1n) is 5.85. The van der Waals surface area contributed by atoms with Crippen LogP contribution in [0, 0.1) is 0 Å². The van der Waals surface area contributed by atoms with E-state index in [1.54, 1.807) is 7.11 Å². The summed E-state index contributed by atoms with van der Waals surface area (Å²) in [5, 5.41) is 0.